The van der Waals surface area contributed by atoms with Gasteiger partial charge in [-0.3, -0.25) is 4.90 Å². The highest BCUT2D eigenvalue weighted by Gasteiger charge is 2.42. The van der Waals surface area contributed by atoms with Gasteiger partial charge in [0, 0.05) is 25.2 Å². The van der Waals surface area contributed by atoms with Crippen molar-refractivity contribution < 1.29 is 4.42 Å². The minimum Gasteiger partial charge on any atom is -0.465 e. The van der Waals surface area contributed by atoms with E-state index in [0.717, 1.165) is 31.2 Å². The van der Waals surface area contributed by atoms with Crippen LogP contribution in [0.1, 0.15) is 56.6 Å². The van der Waals surface area contributed by atoms with Crippen LogP contribution >= 0.6 is 0 Å². The Morgan fingerprint density at radius 1 is 1.26 bits per heavy atom. The van der Waals surface area contributed by atoms with Crippen LogP contribution in [-0.4, -0.2) is 30.1 Å². The summed E-state index contributed by atoms with van der Waals surface area (Å²) in [6.07, 6.45) is 6.84. The van der Waals surface area contributed by atoms with E-state index in [2.05, 4.69) is 29.3 Å². The molecule has 1 saturated heterocycles. The molecule has 0 radical (unpaired) electrons. The molecular formula is C16H26N2O. The lowest BCUT2D eigenvalue weighted by Crippen LogP contribution is -2.62. The molecule has 1 N–H and O–H groups in total. The molecule has 1 spiro atoms. The van der Waals surface area contributed by atoms with E-state index in [4.69, 9.17) is 4.42 Å². The lowest BCUT2D eigenvalue weighted by Gasteiger charge is -2.52. The van der Waals surface area contributed by atoms with Gasteiger partial charge in [0.15, 0.2) is 0 Å². The molecule has 3 heteroatoms. The normalized spacial score (nSPS) is 25.6. The molecule has 1 saturated carbocycles. The second kappa shape index (κ2) is 5.29. The summed E-state index contributed by atoms with van der Waals surface area (Å²) in [6.45, 7) is 7.73. The SMILES string of the molecule is Cc1ccc(C(C)N2CCNCC23CCCCC3)o1. The molecule has 3 nitrogen and oxygen atoms in total. The van der Waals surface area contributed by atoms with Crippen molar-refractivity contribution in [1.82, 2.24) is 10.2 Å². The Kier molecular flexibility index (Phi) is 3.68. The van der Waals surface area contributed by atoms with Gasteiger partial charge in [-0.25, -0.2) is 0 Å². The second-order valence-electron chi connectivity index (χ2n) is 6.28. The highest BCUT2D eigenvalue weighted by molar-refractivity contribution is 5.12. The van der Waals surface area contributed by atoms with Gasteiger partial charge in [-0.05, 0) is 38.8 Å². The van der Waals surface area contributed by atoms with Crippen molar-refractivity contribution in [2.45, 2.75) is 57.5 Å². The molecular weight excluding hydrogens is 236 g/mol. The first-order chi connectivity index (χ1) is 9.21. The molecule has 1 aliphatic carbocycles. The molecule has 2 aliphatic rings. The molecule has 1 atom stereocenters. The molecule has 1 aliphatic heterocycles. The molecule has 19 heavy (non-hydrogen) atoms. The van der Waals surface area contributed by atoms with E-state index >= 15 is 0 Å². The molecule has 0 bridgehead atoms. The zero-order valence-electron chi connectivity index (χ0n) is 12.2. The molecule has 2 heterocycles. The van der Waals surface area contributed by atoms with Crippen LogP contribution in [-0.2, 0) is 0 Å². The van der Waals surface area contributed by atoms with E-state index in [-0.39, 0.29) is 0 Å². The average molecular weight is 262 g/mol. The van der Waals surface area contributed by atoms with Gasteiger partial charge in [-0.15, -0.1) is 0 Å². The van der Waals surface area contributed by atoms with Crippen LogP contribution < -0.4 is 5.32 Å². The quantitative estimate of drug-likeness (QED) is 0.887. The lowest BCUT2D eigenvalue weighted by atomic mass is 9.78. The van der Waals surface area contributed by atoms with Gasteiger partial charge in [0.05, 0.1) is 6.04 Å². The van der Waals surface area contributed by atoms with Gasteiger partial charge in [-0.1, -0.05) is 19.3 Å². The van der Waals surface area contributed by atoms with Crippen LogP contribution in [0.3, 0.4) is 0 Å². The van der Waals surface area contributed by atoms with Crippen LogP contribution in [0.2, 0.25) is 0 Å². The van der Waals surface area contributed by atoms with Crippen molar-refractivity contribution in [3.05, 3.63) is 23.7 Å². The predicted molar refractivity (Wildman–Crippen MR) is 77.3 cm³/mol. The maximum Gasteiger partial charge on any atom is 0.121 e. The van der Waals surface area contributed by atoms with Crippen LogP contribution in [0.4, 0.5) is 0 Å². The summed E-state index contributed by atoms with van der Waals surface area (Å²) in [7, 11) is 0. The molecule has 0 aromatic carbocycles. The summed E-state index contributed by atoms with van der Waals surface area (Å²) in [4.78, 5) is 2.71. The molecule has 106 valence electrons. The summed E-state index contributed by atoms with van der Waals surface area (Å²) in [5, 5.41) is 3.61. The largest absolute Gasteiger partial charge is 0.465 e. The van der Waals surface area contributed by atoms with Crippen LogP contribution in [0, 0.1) is 6.92 Å². The number of rotatable bonds is 2. The van der Waals surface area contributed by atoms with Crippen molar-refractivity contribution >= 4 is 0 Å². The number of piperazine rings is 1. The number of nitrogens with one attached hydrogen (secondary N) is 1. The Balaban J connectivity index is 1.83. The summed E-state index contributed by atoms with van der Waals surface area (Å²) < 4.78 is 5.87. The summed E-state index contributed by atoms with van der Waals surface area (Å²) in [5.41, 5.74) is 0.372. The van der Waals surface area contributed by atoms with Gasteiger partial charge in [0.1, 0.15) is 11.5 Å². The van der Waals surface area contributed by atoms with Crippen molar-refractivity contribution in [2.75, 3.05) is 19.6 Å². The topological polar surface area (TPSA) is 28.4 Å². The van der Waals surface area contributed by atoms with Crippen LogP contribution in [0.5, 0.6) is 0 Å². The lowest BCUT2D eigenvalue weighted by molar-refractivity contribution is -0.00907. The Labute approximate surface area is 116 Å². The van der Waals surface area contributed by atoms with Crippen molar-refractivity contribution in [3.8, 4) is 0 Å². The van der Waals surface area contributed by atoms with E-state index < -0.39 is 0 Å². The fraction of sp³-hybridized carbons (Fsp3) is 0.750. The van der Waals surface area contributed by atoms with E-state index in [0.29, 0.717) is 11.6 Å². The Morgan fingerprint density at radius 2 is 2.05 bits per heavy atom. The monoisotopic (exact) mass is 262 g/mol. The number of hydrogen-bond donors (Lipinski definition) is 1. The molecule has 1 aromatic heterocycles. The molecule has 2 fully saturated rings. The van der Waals surface area contributed by atoms with Gasteiger partial charge < -0.3 is 9.73 Å². The first kappa shape index (κ1) is 13.2. The fourth-order valence-corrected chi connectivity index (χ4v) is 3.97. The van der Waals surface area contributed by atoms with Gasteiger partial charge >= 0.3 is 0 Å². The van der Waals surface area contributed by atoms with Gasteiger partial charge in [0.2, 0.25) is 0 Å². The van der Waals surface area contributed by atoms with Crippen molar-refractivity contribution in [1.29, 1.82) is 0 Å². The minimum atomic E-state index is 0.372. The third-order valence-corrected chi connectivity index (χ3v) is 5.02. The van der Waals surface area contributed by atoms with Crippen LogP contribution in [0.25, 0.3) is 0 Å². The highest BCUT2D eigenvalue weighted by atomic mass is 16.3. The van der Waals surface area contributed by atoms with Crippen molar-refractivity contribution in [3.63, 3.8) is 0 Å². The Hall–Kier alpha value is -0.800. The standard InChI is InChI=1S/C16H26N2O/c1-13-6-7-15(19-13)14(2)18-11-10-17-12-16(18)8-4-3-5-9-16/h6-7,14,17H,3-5,8-12H2,1-2H3. The average Bonchev–Trinajstić information content (AvgIpc) is 2.86. The third kappa shape index (κ3) is 2.46. The maximum atomic E-state index is 5.87. The highest BCUT2D eigenvalue weighted by Crippen LogP contribution is 2.39. The Morgan fingerprint density at radius 3 is 2.74 bits per heavy atom. The smallest absolute Gasteiger partial charge is 0.121 e. The van der Waals surface area contributed by atoms with Crippen molar-refractivity contribution in [2.24, 2.45) is 0 Å². The number of furan rings is 1. The van der Waals surface area contributed by atoms with Gasteiger partial charge in [0.25, 0.3) is 0 Å². The third-order valence-electron chi connectivity index (χ3n) is 5.02. The number of nitrogens with zero attached hydrogens (tertiary/aromatic N) is 1. The van der Waals surface area contributed by atoms with Gasteiger partial charge in [-0.2, -0.15) is 0 Å². The molecule has 3 rings (SSSR count). The molecule has 1 aromatic rings. The number of hydrogen-bond acceptors (Lipinski definition) is 3. The first-order valence-electron chi connectivity index (χ1n) is 7.75. The molecule has 0 amide bonds. The van der Waals surface area contributed by atoms with Crippen LogP contribution in [0.15, 0.2) is 16.5 Å². The fourth-order valence-electron chi connectivity index (χ4n) is 3.97. The van der Waals surface area contributed by atoms with E-state index in [1.807, 2.05) is 6.92 Å². The number of aryl methyl sites for hydroxylation is 1. The Bertz CT molecular complexity index is 412. The van der Waals surface area contributed by atoms with E-state index in [9.17, 15) is 0 Å². The first-order valence-corrected chi connectivity index (χ1v) is 7.75. The zero-order chi connectivity index (χ0) is 13.3. The molecule has 1 unspecified atom stereocenters. The second-order valence-corrected chi connectivity index (χ2v) is 6.28. The zero-order valence-corrected chi connectivity index (χ0v) is 12.2. The summed E-state index contributed by atoms with van der Waals surface area (Å²) in [6, 6.07) is 4.63. The maximum absolute atomic E-state index is 5.87. The van der Waals surface area contributed by atoms with E-state index in [1.54, 1.807) is 0 Å². The van der Waals surface area contributed by atoms with E-state index in [1.165, 1.54) is 32.1 Å². The predicted octanol–water partition coefficient (Wildman–Crippen LogP) is 3.26. The summed E-state index contributed by atoms with van der Waals surface area (Å²) in [5.74, 6) is 2.15. The minimum absolute atomic E-state index is 0.372. The summed E-state index contributed by atoms with van der Waals surface area (Å²) >= 11 is 0.